The lowest BCUT2D eigenvalue weighted by Gasteiger charge is -2.02. The minimum Gasteiger partial charge on any atom is -0.312 e. The zero-order valence-corrected chi connectivity index (χ0v) is 10.3. The normalized spacial score (nSPS) is 10.8. The number of nitrogens with one attached hydrogen (secondary N) is 2. The summed E-state index contributed by atoms with van der Waals surface area (Å²) >= 11 is 1.80. The average molecular weight is 235 g/mol. The third kappa shape index (κ3) is 3.18. The van der Waals surface area contributed by atoms with E-state index in [1.807, 2.05) is 6.20 Å². The van der Waals surface area contributed by atoms with Crippen LogP contribution in [0.1, 0.15) is 22.6 Å². The van der Waals surface area contributed by atoms with Crippen molar-refractivity contribution < 1.29 is 0 Å². The molecule has 2 N–H and O–H groups in total. The zero-order chi connectivity index (χ0) is 11.2. The second kappa shape index (κ2) is 5.82. The average Bonchev–Trinajstić information content (AvgIpc) is 2.90. The van der Waals surface area contributed by atoms with E-state index in [2.05, 4.69) is 40.0 Å². The molecule has 0 amide bonds. The molecule has 0 aliphatic rings. The largest absolute Gasteiger partial charge is 0.312 e. The van der Waals surface area contributed by atoms with E-state index in [-0.39, 0.29) is 0 Å². The second-order valence-electron chi connectivity index (χ2n) is 3.88. The van der Waals surface area contributed by atoms with Gasteiger partial charge in [0.25, 0.3) is 0 Å². The molecule has 0 unspecified atom stereocenters. The molecule has 0 aliphatic heterocycles. The quantitative estimate of drug-likeness (QED) is 0.755. The Hall–Kier alpha value is -1.13. The number of nitrogens with zero attached hydrogens (tertiary/aromatic N) is 1. The van der Waals surface area contributed by atoms with Gasteiger partial charge in [-0.05, 0) is 43.3 Å². The Morgan fingerprint density at radius 1 is 1.50 bits per heavy atom. The predicted molar refractivity (Wildman–Crippen MR) is 67.7 cm³/mol. The predicted octanol–water partition coefficient (Wildman–Crippen LogP) is 2.50. The smallest absolute Gasteiger partial charge is 0.0522 e. The van der Waals surface area contributed by atoms with Crippen LogP contribution in [0, 0.1) is 6.92 Å². The van der Waals surface area contributed by atoms with E-state index in [1.165, 1.54) is 16.1 Å². The lowest BCUT2D eigenvalue weighted by atomic mass is 10.1. The van der Waals surface area contributed by atoms with E-state index >= 15 is 0 Å². The summed E-state index contributed by atoms with van der Waals surface area (Å²) in [6.45, 7) is 4.12. The molecule has 2 heterocycles. The van der Waals surface area contributed by atoms with Gasteiger partial charge in [0.15, 0.2) is 0 Å². The molecule has 0 aromatic carbocycles. The lowest BCUT2D eigenvalue weighted by Crippen LogP contribution is -2.14. The molecule has 0 saturated carbocycles. The van der Waals surface area contributed by atoms with Crippen LogP contribution in [-0.4, -0.2) is 16.7 Å². The van der Waals surface area contributed by atoms with Crippen molar-refractivity contribution in [2.45, 2.75) is 26.3 Å². The summed E-state index contributed by atoms with van der Waals surface area (Å²) in [4.78, 5) is 1.40. The Kier molecular flexibility index (Phi) is 4.13. The molecule has 2 aromatic heterocycles. The van der Waals surface area contributed by atoms with Crippen molar-refractivity contribution in [1.82, 2.24) is 15.5 Å². The number of aromatic nitrogens is 2. The monoisotopic (exact) mass is 235 g/mol. The fourth-order valence-corrected chi connectivity index (χ4v) is 2.33. The number of rotatable bonds is 6. The molecule has 0 radical (unpaired) electrons. The lowest BCUT2D eigenvalue weighted by molar-refractivity contribution is 0.653. The fraction of sp³-hybridized carbons (Fsp3) is 0.417. The standard InChI is InChI=1S/C12H17N3S/c1-10-11(8-14-15-10)4-2-6-13-9-12-5-3-7-16-12/h3,5,7-8,13H,2,4,6,9H2,1H3,(H,14,15). The van der Waals surface area contributed by atoms with E-state index in [1.54, 1.807) is 11.3 Å². The molecule has 0 fully saturated rings. The van der Waals surface area contributed by atoms with Crippen molar-refractivity contribution in [3.63, 3.8) is 0 Å². The van der Waals surface area contributed by atoms with Crippen molar-refractivity contribution in [2.75, 3.05) is 6.54 Å². The first-order valence-electron chi connectivity index (χ1n) is 5.58. The van der Waals surface area contributed by atoms with Crippen LogP contribution in [0.3, 0.4) is 0 Å². The van der Waals surface area contributed by atoms with Gasteiger partial charge in [-0.3, -0.25) is 5.10 Å². The van der Waals surface area contributed by atoms with Crippen LogP contribution in [-0.2, 0) is 13.0 Å². The third-order valence-corrected chi connectivity index (χ3v) is 3.49. The Morgan fingerprint density at radius 3 is 3.12 bits per heavy atom. The number of aryl methyl sites for hydroxylation is 2. The van der Waals surface area contributed by atoms with Crippen molar-refractivity contribution >= 4 is 11.3 Å². The number of thiophene rings is 1. The Morgan fingerprint density at radius 2 is 2.44 bits per heavy atom. The molecule has 0 aliphatic carbocycles. The molecule has 0 atom stereocenters. The summed E-state index contributed by atoms with van der Waals surface area (Å²) in [5.74, 6) is 0. The molecular weight excluding hydrogens is 218 g/mol. The first kappa shape index (κ1) is 11.4. The van der Waals surface area contributed by atoms with Crippen LogP contribution in [0.2, 0.25) is 0 Å². The first-order valence-corrected chi connectivity index (χ1v) is 6.46. The van der Waals surface area contributed by atoms with Crippen LogP contribution in [0.4, 0.5) is 0 Å². The fourth-order valence-electron chi connectivity index (χ4n) is 1.66. The SMILES string of the molecule is Cc1[nH]ncc1CCCNCc1cccs1. The van der Waals surface area contributed by atoms with Gasteiger partial charge in [0, 0.05) is 17.1 Å². The molecule has 2 rings (SSSR count). The van der Waals surface area contributed by atoms with Crippen LogP contribution in [0.5, 0.6) is 0 Å². The number of aromatic amines is 1. The second-order valence-corrected chi connectivity index (χ2v) is 4.91. The van der Waals surface area contributed by atoms with E-state index in [0.29, 0.717) is 0 Å². The minimum absolute atomic E-state index is 0.988. The van der Waals surface area contributed by atoms with Gasteiger partial charge in [-0.15, -0.1) is 11.3 Å². The van der Waals surface area contributed by atoms with Gasteiger partial charge in [-0.25, -0.2) is 0 Å². The molecule has 16 heavy (non-hydrogen) atoms. The maximum Gasteiger partial charge on any atom is 0.0522 e. The summed E-state index contributed by atoms with van der Waals surface area (Å²) in [5, 5.41) is 12.5. The molecule has 4 heteroatoms. The molecule has 2 aromatic rings. The van der Waals surface area contributed by atoms with Crippen LogP contribution in [0.15, 0.2) is 23.7 Å². The summed E-state index contributed by atoms with van der Waals surface area (Å²) in [7, 11) is 0. The highest BCUT2D eigenvalue weighted by Crippen LogP contribution is 2.08. The Bertz CT molecular complexity index is 406. The van der Waals surface area contributed by atoms with Gasteiger partial charge in [-0.2, -0.15) is 5.10 Å². The molecular formula is C12H17N3S. The van der Waals surface area contributed by atoms with Gasteiger partial charge in [0.1, 0.15) is 0 Å². The maximum atomic E-state index is 4.02. The summed E-state index contributed by atoms with van der Waals surface area (Å²) in [5.41, 5.74) is 2.52. The van der Waals surface area contributed by atoms with Crippen molar-refractivity contribution in [3.05, 3.63) is 39.8 Å². The van der Waals surface area contributed by atoms with Gasteiger partial charge >= 0.3 is 0 Å². The summed E-state index contributed by atoms with van der Waals surface area (Å²) < 4.78 is 0. The topological polar surface area (TPSA) is 40.7 Å². The van der Waals surface area contributed by atoms with E-state index in [0.717, 1.165) is 25.9 Å². The highest BCUT2D eigenvalue weighted by Gasteiger charge is 1.99. The number of hydrogen-bond acceptors (Lipinski definition) is 3. The Labute approximate surface area is 99.9 Å². The van der Waals surface area contributed by atoms with Gasteiger partial charge < -0.3 is 5.32 Å². The maximum absolute atomic E-state index is 4.02. The summed E-state index contributed by atoms with van der Waals surface area (Å²) in [6.07, 6.45) is 4.18. The van der Waals surface area contributed by atoms with Gasteiger partial charge in [0.05, 0.1) is 6.20 Å². The molecule has 0 bridgehead atoms. The van der Waals surface area contributed by atoms with Crippen LogP contribution >= 0.6 is 11.3 Å². The van der Waals surface area contributed by atoms with Crippen LogP contribution in [0.25, 0.3) is 0 Å². The highest BCUT2D eigenvalue weighted by atomic mass is 32.1. The molecule has 0 spiro atoms. The number of H-pyrrole nitrogens is 1. The molecule has 86 valence electrons. The van der Waals surface area contributed by atoms with Crippen molar-refractivity contribution in [2.24, 2.45) is 0 Å². The van der Waals surface area contributed by atoms with Crippen molar-refractivity contribution in [1.29, 1.82) is 0 Å². The first-order chi connectivity index (χ1) is 7.86. The van der Waals surface area contributed by atoms with E-state index in [4.69, 9.17) is 0 Å². The molecule has 0 saturated heterocycles. The number of hydrogen-bond donors (Lipinski definition) is 2. The Balaban J connectivity index is 1.61. The molecule has 3 nitrogen and oxygen atoms in total. The van der Waals surface area contributed by atoms with Crippen molar-refractivity contribution in [3.8, 4) is 0 Å². The summed E-state index contributed by atoms with van der Waals surface area (Å²) in [6, 6.07) is 4.26. The van der Waals surface area contributed by atoms with Gasteiger partial charge in [-0.1, -0.05) is 6.07 Å². The minimum atomic E-state index is 0.988. The van der Waals surface area contributed by atoms with E-state index in [9.17, 15) is 0 Å². The zero-order valence-electron chi connectivity index (χ0n) is 9.49. The van der Waals surface area contributed by atoms with E-state index < -0.39 is 0 Å². The highest BCUT2D eigenvalue weighted by molar-refractivity contribution is 7.09. The van der Waals surface area contributed by atoms with Gasteiger partial charge in [0.2, 0.25) is 0 Å². The third-order valence-electron chi connectivity index (χ3n) is 2.61. The van der Waals surface area contributed by atoms with Crippen LogP contribution < -0.4 is 5.32 Å².